The van der Waals surface area contributed by atoms with Gasteiger partial charge in [0.1, 0.15) is 6.04 Å². The lowest BCUT2D eigenvalue weighted by Gasteiger charge is -2.31. The Balaban J connectivity index is 1.65. The zero-order chi connectivity index (χ0) is 21.3. The molecule has 1 fully saturated rings. The summed E-state index contributed by atoms with van der Waals surface area (Å²) in [6.07, 6.45) is 0.954. The standard InChI is InChI=1S/C20H28N4O4S/c1-12-10-13(2)18(14(3)11-12)29(26,27)24-8-6-17(7-9-24)19(25)21-15(4)20-22-16(5)23-28-20/h10-11,15,17H,6-9H2,1-5H3,(H,21,25). The minimum absolute atomic E-state index is 0.118. The van der Waals surface area contributed by atoms with Crippen molar-refractivity contribution in [3.8, 4) is 0 Å². The van der Waals surface area contributed by atoms with Crippen LogP contribution in [-0.4, -0.2) is 41.9 Å². The van der Waals surface area contributed by atoms with Crippen LogP contribution in [0.15, 0.2) is 21.6 Å². The molecule has 1 aromatic heterocycles. The molecule has 1 amide bonds. The van der Waals surface area contributed by atoms with E-state index in [1.54, 1.807) is 13.8 Å². The Morgan fingerprint density at radius 3 is 2.28 bits per heavy atom. The van der Waals surface area contributed by atoms with Gasteiger partial charge in [-0.15, -0.1) is 0 Å². The second kappa shape index (κ2) is 8.23. The molecule has 1 aliphatic rings. The van der Waals surface area contributed by atoms with Gasteiger partial charge in [-0.3, -0.25) is 4.79 Å². The molecule has 2 heterocycles. The van der Waals surface area contributed by atoms with Crippen molar-refractivity contribution < 1.29 is 17.7 Å². The normalized spacial score (nSPS) is 17.3. The van der Waals surface area contributed by atoms with Gasteiger partial charge in [-0.1, -0.05) is 22.9 Å². The van der Waals surface area contributed by atoms with E-state index in [0.717, 1.165) is 16.7 Å². The number of rotatable bonds is 5. The number of benzene rings is 1. The fraction of sp³-hybridized carbons (Fsp3) is 0.550. The largest absolute Gasteiger partial charge is 0.344 e. The van der Waals surface area contributed by atoms with Crippen molar-refractivity contribution in [3.63, 3.8) is 0 Å². The highest BCUT2D eigenvalue weighted by Gasteiger charge is 2.34. The SMILES string of the molecule is Cc1cc(C)c(S(=O)(=O)N2CCC(C(=O)NC(C)c3nc(C)no3)CC2)c(C)c1. The van der Waals surface area contributed by atoms with Crippen LogP contribution in [0.25, 0.3) is 0 Å². The third-order valence-electron chi connectivity index (χ3n) is 5.30. The van der Waals surface area contributed by atoms with Crippen molar-refractivity contribution in [2.24, 2.45) is 5.92 Å². The number of hydrogen-bond donors (Lipinski definition) is 1. The highest BCUT2D eigenvalue weighted by Crippen LogP contribution is 2.29. The van der Waals surface area contributed by atoms with Crippen LogP contribution in [0.4, 0.5) is 0 Å². The second-order valence-corrected chi connectivity index (χ2v) is 9.69. The molecule has 3 rings (SSSR count). The Morgan fingerprint density at radius 2 is 1.76 bits per heavy atom. The summed E-state index contributed by atoms with van der Waals surface area (Å²) < 4.78 is 32.9. The summed E-state index contributed by atoms with van der Waals surface area (Å²) in [5.74, 6) is 0.517. The van der Waals surface area contributed by atoms with Gasteiger partial charge in [0, 0.05) is 19.0 Å². The zero-order valence-electron chi connectivity index (χ0n) is 17.5. The van der Waals surface area contributed by atoms with Gasteiger partial charge in [-0.25, -0.2) is 8.42 Å². The number of carbonyl (C=O) groups excluding carboxylic acids is 1. The molecular weight excluding hydrogens is 392 g/mol. The van der Waals surface area contributed by atoms with Crippen LogP contribution in [0.5, 0.6) is 0 Å². The Hall–Kier alpha value is -2.26. The molecule has 0 saturated carbocycles. The number of hydrogen-bond acceptors (Lipinski definition) is 6. The number of nitrogens with zero attached hydrogens (tertiary/aromatic N) is 3. The van der Waals surface area contributed by atoms with Gasteiger partial charge in [0.25, 0.3) is 0 Å². The molecule has 158 valence electrons. The van der Waals surface area contributed by atoms with E-state index in [0.29, 0.717) is 42.5 Å². The van der Waals surface area contributed by atoms with E-state index in [4.69, 9.17) is 4.52 Å². The van der Waals surface area contributed by atoms with Crippen molar-refractivity contribution in [3.05, 3.63) is 40.5 Å². The molecule has 1 N–H and O–H groups in total. The number of aryl methyl sites for hydroxylation is 4. The minimum atomic E-state index is -3.58. The molecule has 1 aliphatic heterocycles. The summed E-state index contributed by atoms with van der Waals surface area (Å²) in [5.41, 5.74) is 2.55. The number of aromatic nitrogens is 2. The first kappa shape index (κ1) is 21.4. The first-order chi connectivity index (χ1) is 13.6. The summed E-state index contributed by atoms with van der Waals surface area (Å²) in [5, 5.41) is 6.62. The average Bonchev–Trinajstić information content (AvgIpc) is 3.07. The number of piperidine rings is 1. The number of nitrogens with one attached hydrogen (secondary N) is 1. The van der Waals surface area contributed by atoms with Crippen LogP contribution in [0.2, 0.25) is 0 Å². The van der Waals surface area contributed by atoms with E-state index in [2.05, 4.69) is 15.5 Å². The molecular formula is C20H28N4O4S. The first-order valence-electron chi connectivity index (χ1n) is 9.78. The number of amides is 1. The lowest BCUT2D eigenvalue weighted by atomic mass is 9.97. The lowest BCUT2D eigenvalue weighted by Crippen LogP contribution is -2.43. The second-order valence-electron chi connectivity index (χ2n) is 7.82. The molecule has 1 saturated heterocycles. The van der Waals surface area contributed by atoms with Crippen LogP contribution in [0.3, 0.4) is 0 Å². The molecule has 0 aliphatic carbocycles. The highest BCUT2D eigenvalue weighted by atomic mass is 32.2. The molecule has 1 atom stereocenters. The van der Waals surface area contributed by atoms with Gasteiger partial charge < -0.3 is 9.84 Å². The smallest absolute Gasteiger partial charge is 0.248 e. The van der Waals surface area contributed by atoms with Crippen LogP contribution in [-0.2, 0) is 14.8 Å². The van der Waals surface area contributed by atoms with Crippen LogP contribution in [0, 0.1) is 33.6 Å². The Morgan fingerprint density at radius 1 is 1.17 bits per heavy atom. The van der Waals surface area contributed by atoms with E-state index in [1.165, 1.54) is 4.31 Å². The van der Waals surface area contributed by atoms with Gasteiger partial charge in [0.15, 0.2) is 5.82 Å². The molecule has 29 heavy (non-hydrogen) atoms. The summed E-state index contributed by atoms with van der Waals surface area (Å²) in [7, 11) is -3.58. The fourth-order valence-electron chi connectivity index (χ4n) is 3.94. The molecule has 1 aromatic carbocycles. The molecule has 0 radical (unpaired) electrons. The van der Waals surface area contributed by atoms with Crippen LogP contribution in [0.1, 0.15) is 54.2 Å². The zero-order valence-corrected chi connectivity index (χ0v) is 18.3. The molecule has 9 heteroatoms. The Bertz CT molecular complexity index is 984. The van der Waals surface area contributed by atoms with Crippen molar-refractivity contribution in [2.45, 2.75) is 58.4 Å². The summed E-state index contributed by atoms with van der Waals surface area (Å²) in [6, 6.07) is 3.39. The van der Waals surface area contributed by atoms with Gasteiger partial charge in [0.2, 0.25) is 21.8 Å². The van der Waals surface area contributed by atoms with Crippen LogP contribution >= 0.6 is 0 Å². The Labute approximate surface area is 171 Å². The maximum Gasteiger partial charge on any atom is 0.248 e. The maximum absolute atomic E-state index is 13.2. The van der Waals surface area contributed by atoms with Crippen molar-refractivity contribution >= 4 is 15.9 Å². The predicted octanol–water partition coefficient (Wildman–Crippen LogP) is 2.58. The molecule has 0 bridgehead atoms. The highest BCUT2D eigenvalue weighted by molar-refractivity contribution is 7.89. The van der Waals surface area contributed by atoms with Gasteiger partial charge in [-0.05, 0) is 58.6 Å². The number of sulfonamides is 1. The summed E-state index contributed by atoms with van der Waals surface area (Å²) in [4.78, 5) is 17.1. The molecule has 2 aromatic rings. The van der Waals surface area contributed by atoms with Gasteiger partial charge in [0.05, 0.1) is 4.90 Å². The molecule has 0 spiro atoms. The monoisotopic (exact) mass is 420 g/mol. The average molecular weight is 421 g/mol. The van der Waals surface area contributed by atoms with E-state index >= 15 is 0 Å². The fourth-order valence-corrected chi connectivity index (χ4v) is 5.82. The van der Waals surface area contributed by atoms with Crippen molar-refractivity contribution in [1.82, 2.24) is 19.8 Å². The third kappa shape index (κ3) is 4.51. The third-order valence-corrected chi connectivity index (χ3v) is 7.50. The van der Waals surface area contributed by atoms with E-state index in [9.17, 15) is 13.2 Å². The molecule has 1 unspecified atom stereocenters. The number of carbonyl (C=O) groups is 1. The van der Waals surface area contributed by atoms with E-state index < -0.39 is 10.0 Å². The van der Waals surface area contributed by atoms with E-state index in [1.807, 2.05) is 32.9 Å². The lowest BCUT2D eigenvalue weighted by molar-refractivity contribution is -0.126. The Kier molecular flexibility index (Phi) is 6.09. The summed E-state index contributed by atoms with van der Waals surface area (Å²) in [6.45, 7) is 9.75. The quantitative estimate of drug-likeness (QED) is 0.797. The van der Waals surface area contributed by atoms with Crippen molar-refractivity contribution in [1.29, 1.82) is 0 Å². The topological polar surface area (TPSA) is 105 Å². The van der Waals surface area contributed by atoms with Gasteiger partial charge in [-0.2, -0.15) is 9.29 Å². The van der Waals surface area contributed by atoms with E-state index in [-0.39, 0.29) is 17.9 Å². The molecule has 8 nitrogen and oxygen atoms in total. The van der Waals surface area contributed by atoms with Crippen LogP contribution < -0.4 is 5.32 Å². The summed E-state index contributed by atoms with van der Waals surface area (Å²) >= 11 is 0. The van der Waals surface area contributed by atoms with Crippen molar-refractivity contribution in [2.75, 3.05) is 13.1 Å². The van der Waals surface area contributed by atoms with Gasteiger partial charge >= 0.3 is 0 Å². The maximum atomic E-state index is 13.2. The predicted molar refractivity (Wildman–Crippen MR) is 108 cm³/mol. The minimum Gasteiger partial charge on any atom is -0.344 e. The first-order valence-corrected chi connectivity index (χ1v) is 11.2.